The van der Waals surface area contributed by atoms with Crippen LogP contribution in [-0.4, -0.2) is 18.5 Å². The first-order valence-electron chi connectivity index (χ1n) is 8.23. The molecule has 0 aliphatic heterocycles. The molecular formula is C20H13ClF3NO4. The summed E-state index contributed by atoms with van der Waals surface area (Å²) in [5, 5.41) is 2.50. The number of amides is 1. The van der Waals surface area contributed by atoms with E-state index in [-0.39, 0.29) is 5.76 Å². The highest BCUT2D eigenvalue weighted by Gasteiger charge is 2.33. The molecule has 5 nitrogen and oxygen atoms in total. The summed E-state index contributed by atoms with van der Waals surface area (Å²) in [5.41, 5.74) is -0.870. The number of para-hydroxylation sites is 1. The number of anilines is 1. The molecule has 1 heterocycles. The van der Waals surface area contributed by atoms with E-state index in [1.165, 1.54) is 24.3 Å². The largest absolute Gasteiger partial charge is 0.450 e. The second kappa shape index (κ2) is 8.40. The van der Waals surface area contributed by atoms with Crippen molar-refractivity contribution < 1.29 is 31.9 Å². The molecule has 2 aromatic carbocycles. The minimum absolute atomic E-state index is 0.177. The Morgan fingerprint density at radius 2 is 1.69 bits per heavy atom. The number of carbonyl (C=O) groups is 2. The monoisotopic (exact) mass is 423 g/mol. The Balaban J connectivity index is 1.62. The van der Waals surface area contributed by atoms with E-state index in [1.807, 2.05) is 0 Å². The second-order valence-electron chi connectivity index (χ2n) is 5.81. The fraction of sp³-hybridized carbons (Fsp3) is 0.100. The quantitative estimate of drug-likeness (QED) is 0.557. The number of esters is 1. The average molecular weight is 424 g/mol. The maximum Gasteiger partial charge on any atom is 0.418 e. The van der Waals surface area contributed by atoms with Crippen molar-refractivity contribution in [3.8, 4) is 11.3 Å². The lowest BCUT2D eigenvalue weighted by molar-refractivity contribution is -0.137. The molecule has 0 saturated heterocycles. The van der Waals surface area contributed by atoms with Crippen LogP contribution in [0.15, 0.2) is 65.1 Å². The molecule has 0 atom stereocenters. The first kappa shape index (κ1) is 20.5. The molecular weight excluding hydrogens is 411 g/mol. The van der Waals surface area contributed by atoms with E-state index in [4.69, 9.17) is 20.8 Å². The Kier molecular flexibility index (Phi) is 5.93. The highest BCUT2D eigenvalue weighted by Crippen LogP contribution is 2.34. The molecule has 29 heavy (non-hydrogen) atoms. The van der Waals surface area contributed by atoms with Crippen molar-refractivity contribution in [3.05, 3.63) is 77.0 Å². The highest BCUT2D eigenvalue weighted by atomic mass is 35.5. The molecule has 0 unspecified atom stereocenters. The Bertz CT molecular complexity index is 1050. The number of nitrogens with one attached hydrogen (secondary N) is 1. The van der Waals surface area contributed by atoms with Crippen LogP contribution in [0.5, 0.6) is 0 Å². The molecule has 3 aromatic rings. The number of furan rings is 1. The van der Waals surface area contributed by atoms with Crippen LogP contribution in [0.2, 0.25) is 5.02 Å². The van der Waals surface area contributed by atoms with Crippen molar-refractivity contribution in [2.24, 2.45) is 0 Å². The van der Waals surface area contributed by atoms with Gasteiger partial charge in [-0.3, -0.25) is 4.79 Å². The summed E-state index contributed by atoms with van der Waals surface area (Å²) in [6.07, 6.45) is -4.64. The number of carbonyl (C=O) groups excluding carboxylic acids is 2. The fourth-order valence-corrected chi connectivity index (χ4v) is 2.71. The van der Waals surface area contributed by atoms with E-state index < -0.39 is 35.9 Å². The van der Waals surface area contributed by atoms with Gasteiger partial charge in [0.2, 0.25) is 5.76 Å². The molecule has 0 radical (unpaired) electrons. The van der Waals surface area contributed by atoms with Crippen LogP contribution >= 0.6 is 11.6 Å². The lowest BCUT2D eigenvalue weighted by Crippen LogP contribution is -2.22. The number of ether oxygens (including phenoxy) is 1. The minimum Gasteiger partial charge on any atom is -0.450 e. The van der Waals surface area contributed by atoms with Crippen LogP contribution in [0.3, 0.4) is 0 Å². The smallest absolute Gasteiger partial charge is 0.418 e. The molecule has 0 aliphatic carbocycles. The summed E-state index contributed by atoms with van der Waals surface area (Å²) in [6.45, 7) is -0.785. The summed E-state index contributed by atoms with van der Waals surface area (Å²) < 4.78 is 49.0. The lowest BCUT2D eigenvalue weighted by atomic mass is 10.1. The predicted octanol–water partition coefficient (Wildman–Crippen LogP) is 5.41. The van der Waals surface area contributed by atoms with Crippen molar-refractivity contribution in [3.63, 3.8) is 0 Å². The van der Waals surface area contributed by atoms with Gasteiger partial charge in [0.1, 0.15) is 5.76 Å². The zero-order valence-electron chi connectivity index (χ0n) is 14.6. The molecule has 0 bridgehead atoms. The van der Waals surface area contributed by atoms with Crippen molar-refractivity contribution in [1.82, 2.24) is 0 Å². The van der Waals surface area contributed by atoms with E-state index in [0.29, 0.717) is 16.3 Å². The predicted molar refractivity (Wildman–Crippen MR) is 99.5 cm³/mol. The average Bonchev–Trinajstić information content (AvgIpc) is 3.16. The molecule has 150 valence electrons. The minimum atomic E-state index is -4.64. The topological polar surface area (TPSA) is 68.5 Å². The third-order valence-corrected chi connectivity index (χ3v) is 4.12. The first-order valence-corrected chi connectivity index (χ1v) is 8.61. The number of halogens is 4. The number of hydrogen-bond donors (Lipinski definition) is 1. The molecule has 0 fully saturated rings. The Hall–Kier alpha value is -3.26. The van der Waals surface area contributed by atoms with Crippen LogP contribution in [0.25, 0.3) is 11.3 Å². The van der Waals surface area contributed by atoms with Crippen LogP contribution in [0.1, 0.15) is 16.1 Å². The van der Waals surface area contributed by atoms with Crippen LogP contribution < -0.4 is 5.32 Å². The van der Waals surface area contributed by atoms with Gasteiger partial charge in [0.15, 0.2) is 6.61 Å². The number of rotatable bonds is 5. The van der Waals surface area contributed by atoms with Gasteiger partial charge in [-0.1, -0.05) is 35.9 Å². The number of alkyl halides is 3. The van der Waals surface area contributed by atoms with E-state index >= 15 is 0 Å². The lowest BCUT2D eigenvalue weighted by Gasteiger charge is -2.13. The Morgan fingerprint density at radius 1 is 1.00 bits per heavy atom. The number of benzene rings is 2. The number of hydrogen-bond acceptors (Lipinski definition) is 4. The van der Waals surface area contributed by atoms with Crippen molar-refractivity contribution in [2.75, 3.05) is 11.9 Å². The molecule has 9 heteroatoms. The molecule has 0 aliphatic rings. The Morgan fingerprint density at radius 3 is 2.41 bits per heavy atom. The SMILES string of the molecule is O=C(COC(=O)c1ccc(-c2ccccc2Cl)o1)Nc1ccccc1C(F)(F)F. The van der Waals surface area contributed by atoms with Crippen LogP contribution in [0.4, 0.5) is 18.9 Å². The summed E-state index contributed by atoms with van der Waals surface area (Å²) in [7, 11) is 0. The summed E-state index contributed by atoms with van der Waals surface area (Å²) in [4.78, 5) is 23.9. The molecule has 0 saturated carbocycles. The van der Waals surface area contributed by atoms with Gasteiger partial charge in [-0.2, -0.15) is 13.2 Å². The van der Waals surface area contributed by atoms with E-state index in [1.54, 1.807) is 24.3 Å². The van der Waals surface area contributed by atoms with E-state index in [0.717, 1.165) is 12.1 Å². The van der Waals surface area contributed by atoms with E-state index in [2.05, 4.69) is 5.32 Å². The highest BCUT2D eigenvalue weighted by molar-refractivity contribution is 6.33. The zero-order chi connectivity index (χ0) is 21.0. The first-order chi connectivity index (χ1) is 13.8. The van der Waals surface area contributed by atoms with Gasteiger partial charge in [-0.25, -0.2) is 4.79 Å². The van der Waals surface area contributed by atoms with Crippen LogP contribution in [-0.2, 0) is 15.7 Å². The molecule has 3 rings (SSSR count). The normalized spacial score (nSPS) is 11.2. The Labute approximate surface area is 168 Å². The van der Waals surface area contributed by atoms with Crippen molar-refractivity contribution in [1.29, 1.82) is 0 Å². The maximum atomic E-state index is 12.9. The van der Waals surface area contributed by atoms with Gasteiger partial charge < -0.3 is 14.5 Å². The molecule has 1 N–H and O–H groups in total. The van der Waals surface area contributed by atoms with E-state index in [9.17, 15) is 22.8 Å². The molecule has 1 aromatic heterocycles. The standard InChI is InChI=1S/C20H13ClF3NO4/c21-14-7-3-1-5-12(14)16-9-10-17(29-16)19(27)28-11-18(26)25-15-8-4-2-6-13(15)20(22,23)24/h1-10H,11H2,(H,25,26). The summed E-state index contributed by atoms with van der Waals surface area (Å²) in [5.74, 6) is -1.72. The van der Waals surface area contributed by atoms with Gasteiger partial charge >= 0.3 is 12.1 Å². The molecule has 1 amide bonds. The van der Waals surface area contributed by atoms with Crippen molar-refractivity contribution >= 4 is 29.2 Å². The maximum absolute atomic E-state index is 12.9. The van der Waals surface area contributed by atoms with Gasteiger partial charge in [0, 0.05) is 5.56 Å². The van der Waals surface area contributed by atoms with Gasteiger partial charge in [0.05, 0.1) is 16.3 Å². The van der Waals surface area contributed by atoms with Gasteiger partial charge in [-0.05, 0) is 36.4 Å². The fourth-order valence-electron chi connectivity index (χ4n) is 2.48. The third kappa shape index (κ3) is 4.97. The van der Waals surface area contributed by atoms with Gasteiger partial charge in [-0.15, -0.1) is 0 Å². The van der Waals surface area contributed by atoms with Crippen molar-refractivity contribution in [2.45, 2.75) is 6.18 Å². The molecule has 0 spiro atoms. The third-order valence-electron chi connectivity index (χ3n) is 3.79. The van der Waals surface area contributed by atoms with Crippen LogP contribution in [0, 0.1) is 0 Å². The zero-order valence-corrected chi connectivity index (χ0v) is 15.4. The summed E-state index contributed by atoms with van der Waals surface area (Å²) in [6, 6.07) is 14.2. The summed E-state index contributed by atoms with van der Waals surface area (Å²) >= 11 is 6.06. The van der Waals surface area contributed by atoms with Gasteiger partial charge in [0.25, 0.3) is 5.91 Å². The second-order valence-corrected chi connectivity index (χ2v) is 6.22.